The van der Waals surface area contributed by atoms with E-state index in [0.29, 0.717) is 6.07 Å². The first kappa shape index (κ1) is 11.1. The zero-order valence-electron chi connectivity index (χ0n) is 6.38. The smallest absolute Gasteiger partial charge is 0.358 e. The van der Waals surface area contributed by atoms with Crippen molar-refractivity contribution in [2.75, 3.05) is 0 Å². The van der Waals surface area contributed by atoms with Gasteiger partial charge in [0.2, 0.25) is 5.69 Å². The second-order valence-electron chi connectivity index (χ2n) is 2.22. The third kappa shape index (κ3) is 2.11. The molecule has 0 amide bonds. The van der Waals surface area contributed by atoms with Gasteiger partial charge in [-0.3, -0.25) is 0 Å². The average molecular weight is 318 g/mol. The summed E-state index contributed by atoms with van der Waals surface area (Å²) in [5, 5.41) is 10.3. The molecule has 0 radical (unpaired) electrons. The van der Waals surface area contributed by atoms with Crippen LogP contribution in [-0.2, 0) is 0 Å². The van der Waals surface area contributed by atoms with Crippen LogP contribution in [0.25, 0.3) is 0 Å². The van der Waals surface area contributed by atoms with E-state index in [-0.39, 0.29) is 3.57 Å². The van der Waals surface area contributed by atoms with Gasteiger partial charge in [0.05, 0.1) is 0 Å². The van der Waals surface area contributed by atoms with Crippen LogP contribution in [0.2, 0.25) is 0 Å². The van der Waals surface area contributed by atoms with Gasteiger partial charge in [-0.2, -0.15) is 0 Å². The number of aromatic nitrogens is 1. The van der Waals surface area contributed by atoms with Crippen molar-refractivity contribution in [2.45, 2.75) is 6.43 Å². The van der Waals surface area contributed by atoms with E-state index in [1.54, 1.807) is 0 Å². The fourth-order valence-corrected chi connectivity index (χ4v) is 1.21. The second kappa shape index (κ2) is 4.07. The van der Waals surface area contributed by atoms with Gasteiger partial charge in [-0.1, -0.05) is 0 Å². The van der Waals surface area contributed by atoms with Crippen LogP contribution in [0.5, 0.6) is 0 Å². The summed E-state index contributed by atoms with van der Waals surface area (Å²) >= 11 is 1.34. The molecule has 4 nitrogen and oxygen atoms in total. The van der Waals surface area contributed by atoms with Gasteiger partial charge in [-0.15, -0.1) is 0 Å². The van der Waals surface area contributed by atoms with Crippen LogP contribution in [0.15, 0.2) is 6.07 Å². The Balaban J connectivity index is 3.35. The van der Waals surface area contributed by atoms with Gasteiger partial charge in [-0.25, -0.2) is 13.2 Å². The first-order chi connectivity index (χ1) is 6.43. The highest BCUT2D eigenvalue weighted by Crippen LogP contribution is 2.26. The Hall–Kier alpha value is -0.930. The first-order valence-electron chi connectivity index (χ1n) is 3.22. The SMILES string of the molecule is O=[N+]([O-])c1nc(C(F)F)cc(F)c1I. The molecular weight excluding hydrogens is 316 g/mol. The van der Waals surface area contributed by atoms with E-state index >= 15 is 0 Å². The van der Waals surface area contributed by atoms with Crippen LogP contribution >= 0.6 is 22.6 Å². The summed E-state index contributed by atoms with van der Waals surface area (Å²) in [6, 6.07) is 0.486. The van der Waals surface area contributed by atoms with Gasteiger partial charge in [0, 0.05) is 6.07 Å². The molecule has 0 aliphatic carbocycles. The molecule has 0 atom stereocenters. The lowest BCUT2D eigenvalue weighted by Gasteiger charge is -1.99. The molecule has 1 heterocycles. The molecule has 8 heteroatoms. The van der Waals surface area contributed by atoms with Gasteiger partial charge in [0.15, 0.2) is 0 Å². The first-order valence-corrected chi connectivity index (χ1v) is 4.30. The fourth-order valence-electron chi connectivity index (χ4n) is 0.736. The van der Waals surface area contributed by atoms with Crippen molar-refractivity contribution >= 4 is 28.4 Å². The van der Waals surface area contributed by atoms with E-state index in [2.05, 4.69) is 4.98 Å². The molecule has 1 aromatic heterocycles. The summed E-state index contributed by atoms with van der Waals surface area (Å²) in [7, 11) is 0. The summed E-state index contributed by atoms with van der Waals surface area (Å²) in [4.78, 5) is 12.3. The number of alkyl halides is 2. The molecule has 1 aromatic rings. The van der Waals surface area contributed by atoms with Crippen LogP contribution in [0.3, 0.4) is 0 Å². The standard InChI is InChI=1S/C6H2F3IN2O2/c7-2-1-3(5(8)9)11-6(4(2)10)12(13)14/h1,5H. The van der Waals surface area contributed by atoms with E-state index in [9.17, 15) is 23.3 Å². The van der Waals surface area contributed by atoms with Crippen molar-refractivity contribution in [2.24, 2.45) is 0 Å². The summed E-state index contributed by atoms with van der Waals surface area (Å²) < 4.78 is 36.6. The monoisotopic (exact) mass is 318 g/mol. The normalized spacial score (nSPS) is 10.6. The highest BCUT2D eigenvalue weighted by atomic mass is 127. The maximum Gasteiger partial charge on any atom is 0.380 e. The van der Waals surface area contributed by atoms with Crippen molar-refractivity contribution in [3.8, 4) is 0 Å². The van der Waals surface area contributed by atoms with Crippen LogP contribution < -0.4 is 0 Å². The molecule has 0 aliphatic rings. The molecule has 0 bridgehead atoms. The molecule has 0 N–H and O–H groups in total. The molecule has 0 saturated heterocycles. The van der Waals surface area contributed by atoms with Gasteiger partial charge in [-0.05, 0) is 32.5 Å². The highest BCUT2D eigenvalue weighted by Gasteiger charge is 2.25. The van der Waals surface area contributed by atoms with E-state index in [1.165, 1.54) is 22.6 Å². The summed E-state index contributed by atoms with van der Waals surface area (Å²) in [6.45, 7) is 0. The van der Waals surface area contributed by atoms with Crippen molar-refractivity contribution in [3.05, 3.63) is 31.3 Å². The Morgan fingerprint density at radius 2 is 2.14 bits per heavy atom. The van der Waals surface area contributed by atoms with Gasteiger partial charge in [0.1, 0.15) is 9.39 Å². The lowest BCUT2D eigenvalue weighted by atomic mass is 10.3. The molecule has 0 saturated carbocycles. The van der Waals surface area contributed by atoms with E-state index < -0.39 is 28.7 Å². The van der Waals surface area contributed by atoms with Crippen LogP contribution in [-0.4, -0.2) is 9.91 Å². The second-order valence-corrected chi connectivity index (χ2v) is 3.30. The van der Waals surface area contributed by atoms with Gasteiger partial charge in [0.25, 0.3) is 0 Å². The number of halogens is 4. The Morgan fingerprint density at radius 1 is 1.57 bits per heavy atom. The third-order valence-electron chi connectivity index (χ3n) is 1.31. The molecular formula is C6H2F3IN2O2. The number of hydrogen-bond acceptors (Lipinski definition) is 3. The van der Waals surface area contributed by atoms with Gasteiger partial charge < -0.3 is 10.1 Å². The predicted molar refractivity (Wildman–Crippen MR) is 48.5 cm³/mol. The minimum Gasteiger partial charge on any atom is -0.358 e. The van der Waals surface area contributed by atoms with Crippen LogP contribution in [0.4, 0.5) is 19.0 Å². The lowest BCUT2D eigenvalue weighted by Crippen LogP contribution is -2.02. The Kier molecular flexibility index (Phi) is 3.24. The summed E-state index contributed by atoms with van der Waals surface area (Å²) in [5.41, 5.74) is -0.936. The average Bonchev–Trinajstić information content (AvgIpc) is 2.08. The Bertz CT molecular complexity index is 386. The Labute approximate surface area is 89.4 Å². The summed E-state index contributed by atoms with van der Waals surface area (Å²) in [5.74, 6) is -1.96. The number of rotatable bonds is 2. The number of hydrogen-bond donors (Lipinski definition) is 0. The topological polar surface area (TPSA) is 56.0 Å². The maximum atomic E-state index is 12.9. The van der Waals surface area contributed by atoms with Crippen molar-refractivity contribution in [1.29, 1.82) is 0 Å². The van der Waals surface area contributed by atoms with Crippen molar-refractivity contribution < 1.29 is 18.1 Å². The largest absolute Gasteiger partial charge is 0.380 e. The molecule has 0 aromatic carbocycles. The lowest BCUT2D eigenvalue weighted by molar-refractivity contribution is -0.390. The van der Waals surface area contributed by atoms with Crippen molar-refractivity contribution in [1.82, 2.24) is 4.98 Å². The molecule has 14 heavy (non-hydrogen) atoms. The van der Waals surface area contributed by atoms with Crippen molar-refractivity contribution in [3.63, 3.8) is 0 Å². The zero-order chi connectivity index (χ0) is 10.9. The molecule has 0 spiro atoms. The third-order valence-corrected chi connectivity index (χ3v) is 2.31. The highest BCUT2D eigenvalue weighted by molar-refractivity contribution is 14.1. The van der Waals surface area contributed by atoms with E-state index in [4.69, 9.17) is 0 Å². The molecule has 0 aliphatic heterocycles. The minimum atomic E-state index is -3.03. The molecule has 76 valence electrons. The zero-order valence-corrected chi connectivity index (χ0v) is 8.53. The quantitative estimate of drug-likeness (QED) is 0.478. The number of nitrogens with zero attached hydrogens (tertiary/aromatic N) is 2. The minimum absolute atomic E-state index is 0.378. The molecule has 0 unspecified atom stereocenters. The number of nitro groups is 1. The van der Waals surface area contributed by atoms with Crippen LogP contribution in [0.1, 0.15) is 12.1 Å². The van der Waals surface area contributed by atoms with E-state index in [1.807, 2.05) is 0 Å². The van der Waals surface area contributed by atoms with Crippen LogP contribution in [0, 0.1) is 19.5 Å². The molecule has 1 rings (SSSR count). The van der Waals surface area contributed by atoms with E-state index in [0.717, 1.165) is 0 Å². The Morgan fingerprint density at radius 3 is 2.57 bits per heavy atom. The number of pyridine rings is 1. The summed E-state index contributed by atoms with van der Waals surface area (Å²) in [6.07, 6.45) is -3.03. The maximum absolute atomic E-state index is 12.9. The van der Waals surface area contributed by atoms with Gasteiger partial charge >= 0.3 is 12.2 Å². The molecule has 0 fully saturated rings. The predicted octanol–water partition coefficient (Wildman–Crippen LogP) is 2.67. The fraction of sp³-hybridized carbons (Fsp3) is 0.167.